The van der Waals surface area contributed by atoms with Gasteiger partial charge in [0.1, 0.15) is 0 Å². The summed E-state index contributed by atoms with van der Waals surface area (Å²) in [5.74, 6) is 1.27. The molecule has 1 atom stereocenters. The molecule has 4 heteroatoms. The summed E-state index contributed by atoms with van der Waals surface area (Å²) in [5, 5.41) is 3.37. The summed E-state index contributed by atoms with van der Waals surface area (Å²) < 4.78 is 23.4. The van der Waals surface area contributed by atoms with Crippen molar-refractivity contribution in [3.05, 3.63) is 29.3 Å². The van der Waals surface area contributed by atoms with Gasteiger partial charge in [-0.25, -0.2) is 8.42 Å². The minimum atomic E-state index is -2.96. The zero-order valence-electron chi connectivity index (χ0n) is 14.1. The first-order valence-electron chi connectivity index (χ1n) is 7.77. The average molecular weight is 311 g/mol. The molecular formula is C17H29NO2S. The van der Waals surface area contributed by atoms with E-state index in [2.05, 4.69) is 51.2 Å². The fourth-order valence-electron chi connectivity index (χ4n) is 2.36. The van der Waals surface area contributed by atoms with Gasteiger partial charge in [0.25, 0.3) is 0 Å². The molecule has 0 radical (unpaired) electrons. The lowest BCUT2D eigenvalue weighted by molar-refractivity contribution is 0.593. The Morgan fingerprint density at radius 3 is 2.14 bits per heavy atom. The topological polar surface area (TPSA) is 46.2 Å². The highest BCUT2D eigenvalue weighted by Gasteiger charge is 2.16. The lowest BCUT2D eigenvalue weighted by Crippen LogP contribution is -2.27. The van der Waals surface area contributed by atoms with Gasteiger partial charge >= 0.3 is 0 Å². The van der Waals surface area contributed by atoms with Gasteiger partial charge in [0.2, 0.25) is 0 Å². The van der Waals surface area contributed by atoms with Crippen molar-refractivity contribution in [3.8, 4) is 0 Å². The number of sulfone groups is 1. The Bertz CT molecular complexity index is 562. The zero-order chi connectivity index (χ0) is 16.2. The number of hydrogen-bond donors (Lipinski definition) is 1. The maximum atomic E-state index is 11.7. The van der Waals surface area contributed by atoms with Crippen LogP contribution in [-0.4, -0.2) is 26.0 Å². The monoisotopic (exact) mass is 311 g/mol. The first-order chi connectivity index (χ1) is 9.66. The van der Waals surface area contributed by atoms with Gasteiger partial charge in [-0.1, -0.05) is 46.8 Å². The molecule has 0 amide bonds. The minimum absolute atomic E-state index is 0.0858. The highest BCUT2D eigenvalue weighted by Crippen LogP contribution is 2.28. The molecular weight excluding hydrogens is 282 g/mol. The van der Waals surface area contributed by atoms with Crippen molar-refractivity contribution in [2.45, 2.75) is 59.4 Å². The van der Waals surface area contributed by atoms with Crippen molar-refractivity contribution in [1.82, 2.24) is 0 Å². The third kappa shape index (κ3) is 5.34. The van der Waals surface area contributed by atoms with Crippen molar-refractivity contribution >= 4 is 15.5 Å². The Hall–Kier alpha value is -1.03. The van der Waals surface area contributed by atoms with E-state index in [0.29, 0.717) is 11.8 Å². The normalized spacial score (nSPS) is 13.7. The predicted molar refractivity (Wildman–Crippen MR) is 92.0 cm³/mol. The van der Waals surface area contributed by atoms with Crippen LogP contribution < -0.4 is 5.32 Å². The Labute approximate surface area is 130 Å². The van der Waals surface area contributed by atoms with Crippen molar-refractivity contribution in [1.29, 1.82) is 0 Å². The zero-order valence-corrected chi connectivity index (χ0v) is 14.9. The van der Waals surface area contributed by atoms with Crippen LogP contribution in [0.2, 0.25) is 0 Å². The summed E-state index contributed by atoms with van der Waals surface area (Å²) in [7, 11) is -2.96. The highest BCUT2D eigenvalue weighted by atomic mass is 32.2. The molecule has 0 spiro atoms. The molecule has 0 saturated carbocycles. The quantitative estimate of drug-likeness (QED) is 0.822. The third-order valence-corrected chi connectivity index (χ3v) is 5.60. The van der Waals surface area contributed by atoms with Crippen LogP contribution in [0.4, 0.5) is 5.69 Å². The van der Waals surface area contributed by atoms with E-state index < -0.39 is 9.84 Å². The summed E-state index contributed by atoms with van der Waals surface area (Å²) >= 11 is 0. The Morgan fingerprint density at radius 2 is 1.67 bits per heavy atom. The Kier molecular flexibility index (Phi) is 6.26. The molecule has 0 aliphatic heterocycles. The second kappa shape index (κ2) is 7.30. The smallest absolute Gasteiger partial charge is 0.152 e. The second-order valence-electron chi connectivity index (χ2n) is 6.40. The fraction of sp³-hybridized carbons (Fsp3) is 0.647. The maximum Gasteiger partial charge on any atom is 0.152 e. The molecule has 0 fully saturated rings. The largest absolute Gasteiger partial charge is 0.381 e. The van der Waals surface area contributed by atoms with E-state index in [0.717, 1.165) is 5.69 Å². The standard InChI is InChI=1S/C17H29NO2S/c1-7-21(19,20)11-14(6)18-17-9-8-15(12(2)3)10-16(17)13(4)5/h8-10,12-14,18H,7,11H2,1-6H3. The van der Waals surface area contributed by atoms with Gasteiger partial charge in [0.15, 0.2) is 9.84 Å². The predicted octanol–water partition coefficient (Wildman–Crippen LogP) is 4.17. The molecule has 1 aromatic rings. The van der Waals surface area contributed by atoms with E-state index in [-0.39, 0.29) is 17.5 Å². The van der Waals surface area contributed by atoms with Crippen LogP contribution in [0.1, 0.15) is 64.5 Å². The van der Waals surface area contributed by atoms with Crippen LogP contribution in [0, 0.1) is 0 Å². The molecule has 120 valence electrons. The lowest BCUT2D eigenvalue weighted by atomic mass is 9.94. The molecule has 0 aliphatic carbocycles. The summed E-state index contributed by atoms with van der Waals surface area (Å²) in [6.45, 7) is 12.3. The average Bonchev–Trinajstić information content (AvgIpc) is 2.37. The van der Waals surface area contributed by atoms with E-state index in [1.807, 2.05) is 6.92 Å². The van der Waals surface area contributed by atoms with Gasteiger partial charge in [-0.2, -0.15) is 0 Å². The lowest BCUT2D eigenvalue weighted by Gasteiger charge is -2.21. The highest BCUT2D eigenvalue weighted by molar-refractivity contribution is 7.91. The molecule has 0 aliphatic rings. The van der Waals surface area contributed by atoms with Gasteiger partial charge in [0.05, 0.1) is 5.75 Å². The molecule has 0 bridgehead atoms. The minimum Gasteiger partial charge on any atom is -0.381 e. The number of benzene rings is 1. The summed E-state index contributed by atoms with van der Waals surface area (Å²) in [5.41, 5.74) is 3.62. The van der Waals surface area contributed by atoms with E-state index in [4.69, 9.17) is 0 Å². The van der Waals surface area contributed by atoms with Crippen molar-refractivity contribution in [3.63, 3.8) is 0 Å². The summed E-state index contributed by atoms with van der Waals surface area (Å²) in [4.78, 5) is 0. The molecule has 1 aromatic carbocycles. The first kappa shape index (κ1) is 18.0. The second-order valence-corrected chi connectivity index (χ2v) is 8.80. The van der Waals surface area contributed by atoms with E-state index in [1.54, 1.807) is 6.92 Å². The molecule has 3 nitrogen and oxygen atoms in total. The molecule has 1 N–H and O–H groups in total. The molecule has 1 rings (SSSR count). The Balaban J connectivity index is 2.97. The van der Waals surface area contributed by atoms with E-state index in [9.17, 15) is 8.42 Å². The molecule has 0 heterocycles. The van der Waals surface area contributed by atoms with Gasteiger partial charge in [-0.15, -0.1) is 0 Å². The van der Waals surface area contributed by atoms with E-state index >= 15 is 0 Å². The maximum absolute atomic E-state index is 11.7. The molecule has 21 heavy (non-hydrogen) atoms. The number of rotatable bonds is 7. The Morgan fingerprint density at radius 1 is 1.05 bits per heavy atom. The third-order valence-electron chi connectivity index (χ3n) is 3.71. The van der Waals surface area contributed by atoms with Crippen LogP contribution in [0.5, 0.6) is 0 Å². The van der Waals surface area contributed by atoms with Gasteiger partial charge in [0, 0.05) is 17.5 Å². The molecule has 0 saturated heterocycles. The molecule has 0 aromatic heterocycles. The summed E-state index contributed by atoms with van der Waals surface area (Å²) in [6, 6.07) is 6.36. The van der Waals surface area contributed by atoms with Crippen molar-refractivity contribution in [2.24, 2.45) is 0 Å². The van der Waals surface area contributed by atoms with Crippen LogP contribution in [0.25, 0.3) is 0 Å². The first-order valence-corrected chi connectivity index (χ1v) is 9.59. The van der Waals surface area contributed by atoms with Crippen LogP contribution in [-0.2, 0) is 9.84 Å². The summed E-state index contributed by atoms with van der Waals surface area (Å²) in [6.07, 6.45) is 0. The number of hydrogen-bond acceptors (Lipinski definition) is 3. The van der Waals surface area contributed by atoms with Crippen molar-refractivity contribution < 1.29 is 8.42 Å². The fourth-order valence-corrected chi connectivity index (χ4v) is 3.44. The van der Waals surface area contributed by atoms with Gasteiger partial charge in [-0.05, 0) is 36.0 Å². The van der Waals surface area contributed by atoms with Crippen molar-refractivity contribution in [2.75, 3.05) is 16.8 Å². The van der Waals surface area contributed by atoms with Crippen LogP contribution >= 0.6 is 0 Å². The van der Waals surface area contributed by atoms with Crippen LogP contribution in [0.3, 0.4) is 0 Å². The van der Waals surface area contributed by atoms with Gasteiger partial charge < -0.3 is 5.32 Å². The number of anilines is 1. The van der Waals surface area contributed by atoms with Gasteiger partial charge in [-0.3, -0.25) is 0 Å². The SMILES string of the molecule is CCS(=O)(=O)CC(C)Nc1ccc(C(C)C)cc1C(C)C. The number of nitrogens with one attached hydrogen (secondary N) is 1. The van der Waals surface area contributed by atoms with Crippen LogP contribution in [0.15, 0.2) is 18.2 Å². The van der Waals surface area contributed by atoms with E-state index in [1.165, 1.54) is 11.1 Å². The molecule has 1 unspecified atom stereocenters.